The van der Waals surface area contributed by atoms with Gasteiger partial charge in [-0.15, -0.1) is 0 Å². The molecule has 0 saturated heterocycles. The van der Waals surface area contributed by atoms with Crippen LogP contribution in [0.4, 0.5) is 0 Å². The summed E-state index contributed by atoms with van der Waals surface area (Å²) in [5.74, 6) is -0.199. The molecule has 0 aliphatic rings. The number of fused-ring (bicyclic) bond motifs is 2. The van der Waals surface area contributed by atoms with E-state index in [1.165, 1.54) is 21.9 Å². The summed E-state index contributed by atoms with van der Waals surface area (Å²) >= 11 is 0. The number of para-hydroxylation sites is 3. The van der Waals surface area contributed by atoms with Crippen molar-refractivity contribution in [1.29, 1.82) is 0 Å². The number of nitrogens with zero attached hydrogens (tertiary/aromatic N) is 2. The summed E-state index contributed by atoms with van der Waals surface area (Å²) in [4.78, 5) is 7.72. The van der Waals surface area contributed by atoms with Crippen LogP contribution < -0.4 is 0 Å². The monoisotopic (exact) mass is 616 g/mol. The molecule has 9 rings (SSSR count). The van der Waals surface area contributed by atoms with Crippen molar-refractivity contribution in [3.63, 3.8) is 0 Å². The quantitative estimate of drug-likeness (QED) is 0.184. The van der Waals surface area contributed by atoms with Gasteiger partial charge in [-0.1, -0.05) is 146 Å². The van der Waals surface area contributed by atoms with Crippen LogP contribution >= 0.6 is 0 Å². The van der Waals surface area contributed by atoms with Crippen LogP contribution in [0.15, 0.2) is 176 Å². The minimum Gasteiger partial charge on any atom is -0.354 e. The lowest BCUT2D eigenvalue weighted by Gasteiger charge is -2.22. The van der Waals surface area contributed by atoms with Gasteiger partial charge < -0.3 is 9.97 Å². The normalized spacial score (nSPS) is 11.5. The first kappa shape index (κ1) is 27.9. The average molecular weight is 617 g/mol. The number of benzene rings is 6. The van der Waals surface area contributed by atoms with Gasteiger partial charge in [0.1, 0.15) is 0 Å². The van der Waals surface area contributed by atoms with Crippen molar-refractivity contribution < 1.29 is 0 Å². The first-order valence-electron chi connectivity index (χ1n) is 16.4. The lowest BCUT2D eigenvalue weighted by Crippen LogP contribution is -2.07. The molecule has 0 fully saturated rings. The largest absolute Gasteiger partial charge is 0.354 e. The fourth-order valence-corrected chi connectivity index (χ4v) is 7.18. The lowest BCUT2D eigenvalue weighted by atomic mass is 9.79. The molecule has 0 saturated carbocycles. The van der Waals surface area contributed by atoms with Crippen molar-refractivity contribution in [2.24, 2.45) is 0 Å². The number of aromatic nitrogens is 4. The van der Waals surface area contributed by atoms with Gasteiger partial charge in [-0.05, 0) is 46.5 Å². The Morgan fingerprint density at radius 1 is 0.438 bits per heavy atom. The topological polar surface area (TPSA) is 49.4 Å². The van der Waals surface area contributed by atoms with E-state index in [-0.39, 0.29) is 5.92 Å². The van der Waals surface area contributed by atoms with Crippen LogP contribution in [0.1, 0.15) is 22.6 Å². The second kappa shape index (κ2) is 11.8. The molecular formula is C44H32N4. The molecule has 0 amide bonds. The Bertz CT molecular complexity index is 2370. The molecule has 6 aromatic carbocycles. The van der Waals surface area contributed by atoms with Crippen molar-refractivity contribution in [2.75, 3.05) is 0 Å². The molecule has 228 valence electrons. The Kier molecular flexibility index (Phi) is 6.83. The molecule has 0 aliphatic carbocycles. The van der Waals surface area contributed by atoms with Gasteiger partial charge in [0, 0.05) is 45.0 Å². The summed E-state index contributed by atoms with van der Waals surface area (Å²) in [6.45, 7) is 0. The molecule has 2 N–H and O–H groups in total. The third kappa shape index (κ3) is 4.74. The molecule has 4 heteroatoms. The van der Waals surface area contributed by atoms with Crippen molar-refractivity contribution in [2.45, 2.75) is 5.92 Å². The molecule has 4 nitrogen and oxygen atoms in total. The van der Waals surface area contributed by atoms with Gasteiger partial charge in [0.05, 0.1) is 22.8 Å². The van der Waals surface area contributed by atoms with Gasteiger partial charge in [0.15, 0.2) is 0 Å². The summed E-state index contributed by atoms with van der Waals surface area (Å²) in [6.07, 6.45) is 2.25. The van der Waals surface area contributed by atoms with Crippen molar-refractivity contribution in [3.8, 4) is 39.5 Å². The number of aromatic amines is 2. The Morgan fingerprint density at radius 3 is 1.35 bits per heavy atom. The molecule has 0 bridgehead atoms. The summed E-state index contributed by atoms with van der Waals surface area (Å²) in [5, 5.41) is 7.74. The van der Waals surface area contributed by atoms with E-state index < -0.39 is 0 Å². The van der Waals surface area contributed by atoms with E-state index in [0.29, 0.717) is 0 Å². The lowest BCUT2D eigenvalue weighted by molar-refractivity contribution is 0.882. The van der Waals surface area contributed by atoms with Crippen molar-refractivity contribution in [3.05, 3.63) is 193 Å². The second-order valence-electron chi connectivity index (χ2n) is 12.2. The number of hydrogen-bond donors (Lipinski definition) is 2. The zero-order chi connectivity index (χ0) is 31.9. The fraction of sp³-hybridized carbons (Fsp3) is 0.0227. The Balaban J connectivity index is 1.45. The summed E-state index contributed by atoms with van der Waals surface area (Å²) < 4.78 is 2.04. The highest BCUT2D eigenvalue weighted by atomic mass is 15.3. The summed E-state index contributed by atoms with van der Waals surface area (Å²) in [5.41, 5.74) is 13.4. The smallest absolute Gasteiger partial charge is 0.0969 e. The molecule has 9 aromatic rings. The second-order valence-corrected chi connectivity index (χ2v) is 12.2. The van der Waals surface area contributed by atoms with E-state index in [9.17, 15) is 0 Å². The van der Waals surface area contributed by atoms with Gasteiger partial charge in [0.25, 0.3) is 0 Å². The highest BCUT2D eigenvalue weighted by Crippen LogP contribution is 2.49. The van der Waals surface area contributed by atoms with Crippen LogP contribution in [0.25, 0.3) is 61.3 Å². The number of rotatable bonds is 7. The molecule has 0 aliphatic heterocycles. The van der Waals surface area contributed by atoms with Crippen LogP contribution in [0.3, 0.4) is 0 Å². The minimum absolute atomic E-state index is 0.199. The zero-order valence-corrected chi connectivity index (χ0v) is 26.2. The van der Waals surface area contributed by atoms with Gasteiger partial charge in [0.2, 0.25) is 0 Å². The van der Waals surface area contributed by atoms with Gasteiger partial charge in [-0.3, -0.25) is 0 Å². The van der Waals surface area contributed by atoms with Crippen LogP contribution in [0.5, 0.6) is 0 Å². The molecular weight excluding hydrogens is 585 g/mol. The number of hydrogen-bond acceptors (Lipinski definition) is 1. The van der Waals surface area contributed by atoms with E-state index >= 15 is 0 Å². The zero-order valence-electron chi connectivity index (χ0n) is 26.2. The summed E-state index contributed by atoms with van der Waals surface area (Å²) in [6, 6.07) is 59.8. The van der Waals surface area contributed by atoms with E-state index in [1.807, 2.05) is 10.7 Å². The fourth-order valence-electron chi connectivity index (χ4n) is 7.18. The Labute approximate surface area is 279 Å². The maximum atomic E-state index is 5.35. The molecule has 3 heterocycles. The van der Waals surface area contributed by atoms with Crippen LogP contribution in [-0.2, 0) is 0 Å². The predicted molar refractivity (Wildman–Crippen MR) is 197 cm³/mol. The molecule has 48 heavy (non-hydrogen) atoms. The Hall–Kier alpha value is -6.39. The van der Waals surface area contributed by atoms with E-state index in [0.717, 1.165) is 56.1 Å². The molecule has 3 aromatic heterocycles. The SMILES string of the molecule is c1ccc(-c2nn(-c3ccccc3)cc2C(c2c(-c3ccccc3)[nH]c3ccccc23)c2c(-c3ccccc3)[nH]c3ccccc23)cc1. The van der Waals surface area contributed by atoms with Crippen LogP contribution in [-0.4, -0.2) is 19.7 Å². The van der Waals surface area contributed by atoms with Crippen LogP contribution in [0, 0.1) is 0 Å². The van der Waals surface area contributed by atoms with Gasteiger partial charge in [-0.25, -0.2) is 4.68 Å². The standard InChI is InChI=1S/C44H32N4/c1-5-17-30(18-6-1)42-36(29-48(47-42)33-23-11-4-12-24-33)39(40-34-25-13-15-27-37(34)45-43(40)31-19-7-2-8-20-31)41-35-26-14-16-28-38(35)46-44(41)32-21-9-3-10-22-32/h1-29,39,45-46H. The molecule has 0 unspecified atom stereocenters. The highest BCUT2D eigenvalue weighted by molar-refractivity contribution is 5.98. The number of H-pyrrole nitrogens is 2. The van der Waals surface area contributed by atoms with Crippen molar-refractivity contribution >= 4 is 21.8 Å². The Morgan fingerprint density at radius 2 is 0.854 bits per heavy atom. The van der Waals surface area contributed by atoms with Crippen molar-refractivity contribution in [1.82, 2.24) is 19.7 Å². The maximum Gasteiger partial charge on any atom is 0.0969 e. The highest BCUT2D eigenvalue weighted by Gasteiger charge is 2.33. The third-order valence-electron chi connectivity index (χ3n) is 9.32. The first-order valence-corrected chi connectivity index (χ1v) is 16.4. The average Bonchev–Trinajstić information content (AvgIpc) is 3.89. The molecule has 0 spiro atoms. The predicted octanol–water partition coefficient (Wildman–Crippen LogP) is 11.0. The van der Waals surface area contributed by atoms with Gasteiger partial charge in [-0.2, -0.15) is 5.10 Å². The molecule has 0 atom stereocenters. The van der Waals surface area contributed by atoms with Crippen LogP contribution in [0.2, 0.25) is 0 Å². The van der Waals surface area contributed by atoms with E-state index in [2.05, 4.69) is 180 Å². The first-order chi connectivity index (χ1) is 23.8. The number of nitrogens with one attached hydrogen (secondary N) is 2. The third-order valence-corrected chi connectivity index (χ3v) is 9.32. The molecule has 0 radical (unpaired) electrons. The maximum absolute atomic E-state index is 5.35. The van der Waals surface area contributed by atoms with Gasteiger partial charge >= 0.3 is 0 Å². The summed E-state index contributed by atoms with van der Waals surface area (Å²) in [7, 11) is 0. The van der Waals surface area contributed by atoms with E-state index in [1.54, 1.807) is 0 Å². The van der Waals surface area contributed by atoms with E-state index in [4.69, 9.17) is 5.10 Å². The minimum atomic E-state index is -0.199.